The maximum atomic E-state index is 2.60. The summed E-state index contributed by atoms with van der Waals surface area (Å²) in [6.45, 7) is 11.7. The second-order valence-electron chi connectivity index (χ2n) is 8.29. The number of unbranched alkanes of at least 4 members (excludes halogenated alkanes) is 8. The summed E-state index contributed by atoms with van der Waals surface area (Å²) >= 11 is 0. The zero-order valence-electron chi connectivity index (χ0n) is 16.5. The van der Waals surface area contributed by atoms with Crippen molar-refractivity contribution in [3.8, 4) is 0 Å². The van der Waals surface area contributed by atoms with Crippen LogP contribution < -0.4 is 0 Å². The van der Waals surface area contributed by atoms with Crippen LogP contribution in [0.15, 0.2) is 11.6 Å². The van der Waals surface area contributed by atoms with Crippen LogP contribution in [0.1, 0.15) is 125 Å². The molecule has 0 rings (SSSR count). The van der Waals surface area contributed by atoms with E-state index in [0.717, 1.165) is 0 Å². The molecule has 0 aromatic heterocycles. The van der Waals surface area contributed by atoms with Gasteiger partial charge in [0.15, 0.2) is 0 Å². The summed E-state index contributed by atoms with van der Waals surface area (Å²) in [5.74, 6) is 0. The molecule has 0 aliphatic carbocycles. The van der Waals surface area contributed by atoms with E-state index in [2.05, 4.69) is 40.7 Å². The molecular formula is C22H44. The van der Waals surface area contributed by atoms with E-state index >= 15 is 0 Å². The van der Waals surface area contributed by atoms with Crippen LogP contribution >= 0.6 is 0 Å². The number of hydrogen-bond acceptors (Lipinski definition) is 0. The Morgan fingerprint density at radius 2 is 1.23 bits per heavy atom. The van der Waals surface area contributed by atoms with Crippen molar-refractivity contribution in [2.24, 2.45) is 5.41 Å². The van der Waals surface area contributed by atoms with Crippen LogP contribution in [0.5, 0.6) is 0 Å². The average Bonchev–Trinajstić information content (AvgIpc) is 2.45. The smallest absolute Gasteiger partial charge is 0.0320 e. The molecule has 0 radical (unpaired) electrons. The van der Waals surface area contributed by atoms with Gasteiger partial charge in [-0.3, -0.25) is 0 Å². The molecule has 0 N–H and O–H groups in total. The lowest BCUT2D eigenvalue weighted by Gasteiger charge is -2.17. The Labute approximate surface area is 142 Å². The van der Waals surface area contributed by atoms with E-state index in [0.29, 0.717) is 5.41 Å². The van der Waals surface area contributed by atoms with Gasteiger partial charge in [0.05, 0.1) is 0 Å². The maximum Gasteiger partial charge on any atom is -0.0320 e. The molecule has 0 bridgehead atoms. The zero-order valence-corrected chi connectivity index (χ0v) is 16.5. The van der Waals surface area contributed by atoms with E-state index in [-0.39, 0.29) is 0 Å². The Morgan fingerprint density at radius 3 is 1.68 bits per heavy atom. The highest BCUT2D eigenvalue weighted by Crippen LogP contribution is 2.23. The first kappa shape index (κ1) is 21.7. The van der Waals surface area contributed by atoms with Crippen LogP contribution in [0.4, 0.5) is 0 Å². The number of hydrogen-bond donors (Lipinski definition) is 0. The summed E-state index contributed by atoms with van der Waals surface area (Å²) in [5, 5.41) is 0. The SMILES string of the molecule is CCCCCCC(=CCCCCC(C)(C)C)CCCCCC. The molecule has 0 unspecified atom stereocenters. The molecule has 0 atom stereocenters. The first-order valence-electron chi connectivity index (χ1n) is 10.2. The van der Waals surface area contributed by atoms with Gasteiger partial charge < -0.3 is 0 Å². The molecule has 0 aliphatic rings. The molecule has 0 amide bonds. The lowest BCUT2D eigenvalue weighted by molar-refractivity contribution is 0.361. The van der Waals surface area contributed by atoms with E-state index in [1.165, 1.54) is 89.9 Å². The van der Waals surface area contributed by atoms with Crippen molar-refractivity contribution < 1.29 is 0 Å². The van der Waals surface area contributed by atoms with E-state index in [1.54, 1.807) is 5.57 Å². The highest BCUT2D eigenvalue weighted by Gasteiger charge is 2.08. The average molecular weight is 309 g/mol. The topological polar surface area (TPSA) is 0 Å². The monoisotopic (exact) mass is 308 g/mol. The van der Waals surface area contributed by atoms with Gasteiger partial charge in [-0.1, -0.05) is 91.2 Å². The van der Waals surface area contributed by atoms with Gasteiger partial charge in [0.25, 0.3) is 0 Å². The van der Waals surface area contributed by atoms with Crippen LogP contribution in [0.2, 0.25) is 0 Å². The Bertz CT molecular complexity index is 240. The molecule has 0 saturated heterocycles. The van der Waals surface area contributed by atoms with Gasteiger partial charge in [-0.15, -0.1) is 0 Å². The van der Waals surface area contributed by atoms with Crippen LogP contribution in [-0.4, -0.2) is 0 Å². The van der Waals surface area contributed by atoms with Gasteiger partial charge in [-0.25, -0.2) is 0 Å². The van der Waals surface area contributed by atoms with E-state index in [9.17, 15) is 0 Å². The summed E-state index contributed by atoms with van der Waals surface area (Å²) in [4.78, 5) is 0. The van der Waals surface area contributed by atoms with Gasteiger partial charge in [-0.05, 0) is 50.4 Å². The predicted molar refractivity (Wildman–Crippen MR) is 104 cm³/mol. The molecule has 0 aliphatic heterocycles. The summed E-state index contributed by atoms with van der Waals surface area (Å²) in [5.41, 5.74) is 2.27. The van der Waals surface area contributed by atoms with Crippen molar-refractivity contribution in [1.82, 2.24) is 0 Å². The number of allylic oxidation sites excluding steroid dienone is 2. The fourth-order valence-electron chi connectivity index (χ4n) is 2.99. The van der Waals surface area contributed by atoms with Crippen molar-refractivity contribution in [2.75, 3.05) is 0 Å². The Hall–Kier alpha value is -0.260. The highest BCUT2D eigenvalue weighted by molar-refractivity contribution is 5.02. The lowest BCUT2D eigenvalue weighted by atomic mass is 9.89. The van der Waals surface area contributed by atoms with Gasteiger partial charge in [0, 0.05) is 0 Å². The molecule has 22 heavy (non-hydrogen) atoms. The quantitative estimate of drug-likeness (QED) is 0.223. The van der Waals surface area contributed by atoms with Crippen molar-refractivity contribution in [1.29, 1.82) is 0 Å². The highest BCUT2D eigenvalue weighted by atomic mass is 14.1. The van der Waals surface area contributed by atoms with Crippen LogP contribution in [0.3, 0.4) is 0 Å². The largest absolute Gasteiger partial charge is 0.0853 e. The maximum absolute atomic E-state index is 2.60. The molecule has 0 heteroatoms. The molecule has 0 nitrogen and oxygen atoms in total. The van der Waals surface area contributed by atoms with Crippen LogP contribution in [-0.2, 0) is 0 Å². The van der Waals surface area contributed by atoms with Crippen molar-refractivity contribution in [3.63, 3.8) is 0 Å². The summed E-state index contributed by atoms with van der Waals surface area (Å²) in [6, 6.07) is 0. The minimum atomic E-state index is 0.507. The first-order valence-corrected chi connectivity index (χ1v) is 10.2. The third-order valence-corrected chi connectivity index (χ3v) is 4.52. The normalized spacial score (nSPS) is 11.7. The minimum Gasteiger partial charge on any atom is -0.0853 e. The molecule has 0 spiro atoms. The van der Waals surface area contributed by atoms with Crippen LogP contribution in [0, 0.1) is 5.41 Å². The van der Waals surface area contributed by atoms with Crippen molar-refractivity contribution in [3.05, 3.63) is 11.6 Å². The van der Waals surface area contributed by atoms with Gasteiger partial charge in [-0.2, -0.15) is 0 Å². The van der Waals surface area contributed by atoms with Gasteiger partial charge in [0.2, 0.25) is 0 Å². The van der Waals surface area contributed by atoms with E-state index < -0.39 is 0 Å². The molecule has 0 heterocycles. The Balaban J connectivity index is 3.98. The lowest BCUT2D eigenvalue weighted by Crippen LogP contribution is -2.03. The van der Waals surface area contributed by atoms with E-state index in [1.807, 2.05) is 0 Å². The fourth-order valence-corrected chi connectivity index (χ4v) is 2.99. The third kappa shape index (κ3) is 16.1. The second kappa shape index (κ2) is 14.3. The molecule has 132 valence electrons. The Kier molecular flexibility index (Phi) is 14.2. The first-order chi connectivity index (χ1) is 10.5. The summed E-state index contributed by atoms with van der Waals surface area (Å²) in [7, 11) is 0. The molecule has 0 aromatic carbocycles. The Morgan fingerprint density at radius 1 is 0.682 bits per heavy atom. The van der Waals surface area contributed by atoms with Gasteiger partial charge in [0.1, 0.15) is 0 Å². The zero-order chi connectivity index (χ0) is 16.7. The fraction of sp³-hybridized carbons (Fsp3) is 0.909. The van der Waals surface area contributed by atoms with Crippen molar-refractivity contribution in [2.45, 2.75) is 125 Å². The third-order valence-electron chi connectivity index (χ3n) is 4.52. The molecule has 0 aromatic rings. The standard InChI is InChI=1S/C22H44/c1-6-8-10-13-17-21(18-14-11-9-7-2)19-15-12-16-20-22(3,4)5/h19H,6-18,20H2,1-5H3. The second-order valence-corrected chi connectivity index (χ2v) is 8.29. The number of rotatable bonds is 14. The summed E-state index contributed by atoms with van der Waals surface area (Å²) < 4.78 is 0. The van der Waals surface area contributed by atoms with E-state index in [4.69, 9.17) is 0 Å². The summed E-state index contributed by atoms with van der Waals surface area (Å²) in [6.07, 6.45) is 22.0. The minimum absolute atomic E-state index is 0.507. The molecule has 0 saturated carbocycles. The van der Waals surface area contributed by atoms with Gasteiger partial charge >= 0.3 is 0 Å². The van der Waals surface area contributed by atoms with Crippen molar-refractivity contribution >= 4 is 0 Å². The molecule has 0 fully saturated rings. The van der Waals surface area contributed by atoms with Crippen LogP contribution in [0.25, 0.3) is 0 Å². The molecular weight excluding hydrogens is 264 g/mol. The predicted octanol–water partition coefficient (Wildman–Crippen LogP) is 8.46.